The Balaban J connectivity index is 2.62. The van der Waals surface area contributed by atoms with Crippen LogP contribution in [0.1, 0.15) is 32.1 Å². The van der Waals surface area contributed by atoms with Crippen LogP contribution in [-0.4, -0.2) is 43.3 Å². The molecule has 6 heteroatoms. The zero-order chi connectivity index (χ0) is 13.6. The second-order valence-corrected chi connectivity index (χ2v) is 4.84. The molecule has 0 aromatic carbocycles. The van der Waals surface area contributed by atoms with E-state index >= 15 is 0 Å². The van der Waals surface area contributed by atoms with Crippen molar-refractivity contribution in [3.63, 3.8) is 0 Å². The zero-order valence-corrected chi connectivity index (χ0v) is 10.8. The molecule has 0 aromatic heterocycles. The van der Waals surface area contributed by atoms with Gasteiger partial charge in [0, 0.05) is 26.7 Å². The maximum atomic E-state index is 12.2. The molecule has 1 amide bonds. The van der Waals surface area contributed by atoms with E-state index in [0.717, 1.165) is 25.7 Å². The molecule has 104 valence electrons. The van der Waals surface area contributed by atoms with Gasteiger partial charge >= 0.3 is 5.97 Å². The molecular weight excluding hydrogens is 236 g/mol. The Labute approximate surface area is 107 Å². The molecule has 0 saturated heterocycles. The minimum atomic E-state index is -1.04. The van der Waals surface area contributed by atoms with Crippen LogP contribution in [0, 0.1) is 5.41 Å². The van der Waals surface area contributed by atoms with Crippen molar-refractivity contribution >= 4 is 11.9 Å². The van der Waals surface area contributed by atoms with Crippen molar-refractivity contribution in [3.8, 4) is 0 Å². The quantitative estimate of drug-likeness (QED) is 0.601. The van der Waals surface area contributed by atoms with E-state index in [1.54, 1.807) is 0 Å². The Hall–Kier alpha value is -1.14. The van der Waals surface area contributed by atoms with Crippen LogP contribution in [0.4, 0.5) is 0 Å². The van der Waals surface area contributed by atoms with Gasteiger partial charge in [0.25, 0.3) is 0 Å². The number of methoxy groups -OCH3 is 1. The average Bonchev–Trinajstić information content (AvgIpc) is 2.83. The summed E-state index contributed by atoms with van der Waals surface area (Å²) in [6.07, 6.45) is 3.69. The highest BCUT2D eigenvalue weighted by atomic mass is 16.5. The number of rotatable bonds is 7. The van der Waals surface area contributed by atoms with Crippen molar-refractivity contribution in [3.05, 3.63) is 0 Å². The van der Waals surface area contributed by atoms with E-state index in [1.165, 1.54) is 7.11 Å². The first-order chi connectivity index (χ1) is 8.55. The number of amides is 1. The third-order valence-electron chi connectivity index (χ3n) is 3.65. The topological polar surface area (TPSA) is 102 Å². The van der Waals surface area contributed by atoms with Gasteiger partial charge in [-0.25, -0.2) is 4.79 Å². The molecule has 4 N–H and O–H groups in total. The molecule has 6 nitrogen and oxygen atoms in total. The van der Waals surface area contributed by atoms with Crippen molar-refractivity contribution in [2.24, 2.45) is 11.1 Å². The highest BCUT2D eigenvalue weighted by molar-refractivity contribution is 5.87. The van der Waals surface area contributed by atoms with Crippen molar-refractivity contribution in [2.45, 2.75) is 38.1 Å². The second kappa shape index (κ2) is 6.70. The standard InChI is InChI=1S/C12H22N2O4/c1-18-7-4-9(10(15)16)14-11(17)12(8-13)5-2-3-6-12/h9H,2-8,13H2,1H3,(H,14,17)(H,15,16). The Morgan fingerprint density at radius 3 is 2.50 bits per heavy atom. The zero-order valence-electron chi connectivity index (χ0n) is 10.8. The minimum Gasteiger partial charge on any atom is -0.480 e. The van der Waals surface area contributed by atoms with Gasteiger partial charge in [0.15, 0.2) is 0 Å². The lowest BCUT2D eigenvalue weighted by Gasteiger charge is -2.27. The number of carboxylic acids is 1. The van der Waals surface area contributed by atoms with Gasteiger partial charge in [0.2, 0.25) is 5.91 Å². The predicted octanol–water partition coefficient (Wildman–Crippen LogP) is 0.111. The summed E-state index contributed by atoms with van der Waals surface area (Å²) >= 11 is 0. The van der Waals surface area contributed by atoms with Gasteiger partial charge in [-0.3, -0.25) is 4.79 Å². The van der Waals surface area contributed by atoms with Crippen LogP contribution in [-0.2, 0) is 14.3 Å². The molecule has 1 saturated carbocycles. The normalized spacial score (nSPS) is 19.4. The lowest BCUT2D eigenvalue weighted by Crippen LogP contribution is -2.50. The SMILES string of the molecule is COCCC(NC(=O)C1(CN)CCCC1)C(=O)O. The lowest BCUT2D eigenvalue weighted by atomic mass is 9.85. The van der Waals surface area contributed by atoms with Crippen molar-refractivity contribution in [1.82, 2.24) is 5.32 Å². The van der Waals surface area contributed by atoms with Crippen LogP contribution in [0.2, 0.25) is 0 Å². The third-order valence-corrected chi connectivity index (χ3v) is 3.65. The fraction of sp³-hybridized carbons (Fsp3) is 0.833. The highest BCUT2D eigenvalue weighted by Crippen LogP contribution is 2.37. The fourth-order valence-electron chi connectivity index (χ4n) is 2.38. The highest BCUT2D eigenvalue weighted by Gasteiger charge is 2.41. The number of aliphatic carboxylic acids is 1. The summed E-state index contributed by atoms with van der Waals surface area (Å²) in [5.41, 5.74) is 5.12. The summed E-state index contributed by atoms with van der Waals surface area (Å²) in [6.45, 7) is 0.572. The molecule has 1 aliphatic rings. The van der Waals surface area contributed by atoms with Crippen LogP contribution < -0.4 is 11.1 Å². The summed E-state index contributed by atoms with van der Waals surface area (Å²) in [6, 6.07) is -0.901. The van der Waals surface area contributed by atoms with Crippen molar-refractivity contribution in [1.29, 1.82) is 0 Å². The molecule has 0 aromatic rings. The molecule has 0 spiro atoms. The number of carboxylic acid groups (broad SMARTS) is 1. The van der Waals surface area contributed by atoms with E-state index in [9.17, 15) is 9.59 Å². The molecule has 18 heavy (non-hydrogen) atoms. The first-order valence-corrected chi connectivity index (χ1v) is 6.28. The summed E-state index contributed by atoms with van der Waals surface area (Å²) in [7, 11) is 1.50. The number of nitrogens with two attached hydrogens (primary N) is 1. The Kier molecular flexibility index (Phi) is 5.55. The van der Waals surface area contributed by atoms with Crippen LogP contribution >= 0.6 is 0 Å². The van der Waals surface area contributed by atoms with Crippen LogP contribution in [0.15, 0.2) is 0 Å². The summed E-state index contributed by atoms with van der Waals surface area (Å²) in [5.74, 6) is -1.27. The molecule has 1 unspecified atom stereocenters. The molecule has 0 radical (unpaired) electrons. The number of nitrogens with one attached hydrogen (secondary N) is 1. The largest absolute Gasteiger partial charge is 0.480 e. The second-order valence-electron chi connectivity index (χ2n) is 4.84. The van der Waals surface area contributed by atoms with Crippen LogP contribution in [0.3, 0.4) is 0 Å². The average molecular weight is 258 g/mol. The number of carbonyl (C=O) groups excluding carboxylic acids is 1. The van der Waals surface area contributed by atoms with Gasteiger partial charge in [-0.2, -0.15) is 0 Å². The fourth-order valence-corrected chi connectivity index (χ4v) is 2.38. The molecular formula is C12H22N2O4. The minimum absolute atomic E-state index is 0.231. The van der Waals surface area contributed by atoms with E-state index in [-0.39, 0.29) is 18.9 Å². The van der Waals surface area contributed by atoms with Crippen molar-refractivity contribution < 1.29 is 19.4 Å². The van der Waals surface area contributed by atoms with E-state index < -0.39 is 17.4 Å². The Bertz CT molecular complexity index is 300. The van der Waals surface area contributed by atoms with E-state index in [0.29, 0.717) is 6.61 Å². The number of ether oxygens (including phenoxy) is 1. The summed E-state index contributed by atoms with van der Waals surface area (Å²) < 4.78 is 4.84. The van der Waals surface area contributed by atoms with E-state index in [4.69, 9.17) is 15.6 Å². The summed E-state index contributed by atoms with van der Waals surface area (Å²) in [5, 5.41) is 11.6. The first-order valence-electron chi connectivity index (χ1n) is 6.28. The number of carbonyl (C=O) groups is 2. The number of hydrogen-bond donors (Lipinski definition) is 3. The smallest absolute Gasteiger partial charge is 0.326 e. The van der Waals surface area contributed by atoms with E-state index in [2.05, 4.69) is 5.32 Å². The molecule has 1 rings (SSSR count). The predicted molar refractivity (Wildman–Crippen MR) is 66.0 cm³/mol. The molecule has 0 bridgehead atoms. The van der Waals surface area contributed by atoms with Crippen molar-refractivity contribution in [2.75, 3.05) is 20.3 Å². The molecule has 1 atom stereocenters. The van der Waals surface area contributed by atoms with Gasteiger partial charge < -0.3 is 20.9 Å². The van der Waals surface area contributed by atoms with Gasteiger partial charge in [0.05, 0.1) is 5.41 Å². The van der Waals surface area contributed by atoms with Gasteiger partial charge in [0.1, 0.15) is 6.04 Å². The van der Waals surface area contributed by atoms with Gasteiger partial charge in [-0.05, 0) is 12.8 Å². The van der Waals surface area contributed by atoms with Crippen LogP contribution in [0.25, 0.3) is 0 Å². The van der Waals surface area contributed by atoms with Gasteiger partial charge in [-0.1, -0.05) is 12.8 Å². The van der Waals surface area contributed by atoms with Gasteiger partial charge in [-0.15, -0.1) is 0 Å². The van der Waals surface area contributed by atoms with E-state index in [1.807, 2.05) is 0 Å². The molecule has 0 heterocycles. The Morgan fingerprint density at radius 2 is 2.06 bits per heavy atom. The first kappa shape index (κ1) is 14.9. The monoisotopic (exact) mass is 258 g/mol. The maximum absolute atomic E-state index is 12.2. The molecule has 1 fully saturated rings. The Morgan fingerprint density at radius 1 is 1.44 bits per heavy atom. The third kappa shape index (κ3) is 3.43. The molecule has 0 aliphatic heterocycles. The molecule has 1 aliphatic carbocycles. The van der Waals surface area contributed by atoms with Crippen LogP contribution in [0.5, 0.6) is 0 Å². The maximum Gasteiger partial charge on any atom is 0.326 e. The lowest BCUT2D eigenvalue weighted by molar-refractivity contribution is -0.144. The number of hydrogen-bond acceptors (Lipinski definition) is 4. The summed E-state index contributed by atoms with van der Waals surface area (Å²) in [4.78, 5) is 23.2.